The van der Waals surface area contributed by atoms with Crippen LogP contribution in [-0.4, -0.2) is 63.6 Å². The highest BCUT2D eigenvalue weighted by Crippen LogP contribution is 2.47. The molecule has 0 bridgehead atoms. The van der Waals surface area contributed by atoms with Crippen molar-refractivity contribution in [2.75, 3.05) is 13.7 Å². The Hall–Kier alpha value is -1.95. The third kappa shape index (κ3) is 5.96. The summed E-state index contributed by atoms with van der Waals surface area (Å²) in [6.45, 7) is 9.17. The molecule has 1 aliphatic carbocycles. The van der Waals surface area contributed by atoms with E-state index in [1.54, 1.807) is 13.2 Å². The van der Waals surface area contributed by atoms with Crippen LogP contribution >= 0.6 is 0 Å². The lowest BCUT2D eigenvalue weighted by Gasteiger charge is -2.53. The third-order valence-corrected chi connectivity index (χ3v) is 14.2. The van der Waals surface area contributed by atoms with Gasteiger partial charge in [0.1, 0.15) is 29.1 Å². The average Bonchev–Trinajstić information content (AvgIpc) is 3.45. The summed E-state index contributed by atoms with van der Waals surface area (Å²) in [4.78, 5) is 12.1. The van der Waals surface area contributed by atoms with E-state index in [1.807, 2.05) is 13.0 Å². The fourth-order valence-corrected chi connectivity index (χ4v) is 9.74. The lowest BCUT2D eigenvalue weighted by atomic mass is 9.85. The van der Waals surface area contributed by atoms with Crippen molar-refractivity contribution >= 4 is 19.3 Å². The number of rotatable bonds is 10. The summed E-state index contributed by atoms with van der Waals surface area (Å²) < 4.78 is 45.4. The summed E-state index contributed by atoms with van der Waals surface area (Å²) in [5.74, 6) is 0.0913. The molecule has 3 heterocycles. The monoisotopic (exact) mass is 590 g/mol. The first-order valence-corrected chi connectivity index (χ1v) is 17.9. The van der Waals surface area contributed by atoms with Crippen LogP contribution in [0.1, 0.15) is 71.3 Å². The lowest BCUT2D eigenvalue weighted by molar-refractivity contribution is -0.342. The van der Waals surface area contributed by atoms with E-state index in [0.29, 0.717) is 28.9 Å². The summed E-state index contributed by atoms with van der Waals surface area (Å²) >= 11 is 0. The first-order valence-electron chi connectivity index (χ1n) is 15.4. The van der Waals surface area contributed by atoms with Gasteiger partial charge >= 0.3 is 5.63 Å². The Morgan fingerprint density at radius 3 is 2.41 bits per heavy atom. The van der Waals surface area contributed by atoms with Crippen molar-refractivity contribution in [3.8, 4) is 11.5 Å². The fourth-order valence-electron chi connectivity index (χ4n) is 6.91. The highest BCUT2D eigenvalue weighted by molar-refractivity contribution is 6.73. The quantitative estimate of drug-likeness (QED) is 0.257. The van der Waals surface area contributed by atoms with Crippen LogP contribution in [-0.2, 0) is 23.4 Å². The molecule has 2 aliphatic heterocycles. The molecule has 1 aromatic heterocycles. The van der Waals surface area contributed by atoms with E-state index < -0.39 is 43.8 Å². The van der Waals surface area contributed by atoms with Gasteiger partial charge in [-0.15, -0.1) is 0 Å². The van der Waals surface area contributed by atoms with Gasteiger partial charge in [-0.2, -0.15) is 0 Å². The zero-order valence-electron chi connectivity index (χ0n) is 25.1. The predicted molar refractivity (Wildman–Crippen MR) is 157 cm³/mol. The largest absolute Gasteiger partial charge is 0.502 e. The smallest absolute Gasteiger partial charge is 0.378 e. The van der Waals surface area contributed by atoms with E-state index in [4.69, 9.17) is 32.5 Å². The Bertz CT molecular complexity index is 1220. The number of hydrogen-bond acceptors (Lipinski definition) is 9. The zero-order valence-corrected chi connectivity index (χ0v) is 26.1. The van der Waals surface area contributed by atoms with Gasteiger partial charge in [0, 0.05) is 24.7 Å². The van der Waals surface area contributed by atoms with Crippen LogP contribution < -0.4 is 10.4 Å². The molecule has 5 atom stereocenters. The van der Waals surface area contributed by atoms with Crippen molar-refractivity contribution in [1.29, 1.82) is 0 Å². The molecule has 41 heavy (non-hydrogen) atoms. The molecule has 2 saturated heterocycles. The first-order chi connectivity index (χ1) is 19.8. The van der Waals surface area contributed by atoms with Crippen molar-refractivity contribution in [3.63, 3.8) is 0 Å². The minimum absolute atomic E-state index is 0.311. The van der Waals surface area contributed by atoms with E-state index in [0.717, 1.165) is 63.1 Å². The molecular formula is C31H46O9Si. The van der Waals surface area contributed by atoms with E-state index in [2.05, 4.69) is 20.8 Å². The molecule has 1 N–H and O–H groups in total. The molecule has 5 unspecified atom stereocenters. The number of hydrogen-bond donors (Lipinski definition) is 1. The van der Waals surface area contributed by atoms with Gasteiger partial charge in [-0.25, -0.2) is 4.79 Å². The number of aromatic hydroxyl groups is 1. The topological polar surface area (TPSA) is 106 Å². The number of ether oxygens (including phenoxy) is 5. The van der Waals surface area contributed by atoms with E-state index in [1.165, 1.54) is 6.07 Å². The summed E-state index contributed by atoms with van der Waals surface area (Å²) in [6.07, 6.45) is 4.11. The minimum atomic E-state index is -2.10. The van der Waals surface area contributed by atoms with Crippen molar-refractivity contribution in [2.24, 2.45) is 0 Å². The van der Waals surface area contributed by atoms with Gasteiger partial charge in [-0.1, -0.05) is 33.6 Å². The molecule has 9 nitrogen and oxygen atoms in total. The van der Waals surface area contributed by atoms with E-state index >= 15 is 0 Å². The first kappa shape index (κ1) is 30.5. The lowest BCUT2D eigenvalue weighted by Crippen LogP contribution is -2.68. The molecule has 3 fully saturated rings. The maximum absolute atomic E-state index is 12.1. The van der Waals surface area contributed by atoms with Crippen molar-refractivity contribution in [3.05, 3.63) is 34.2 Å². The van der Waals surface area contributed by atoms with Crippen molar-refractivity contribution < 1.29 is 37.6 Å². The summed E-state index contributed by atoms with van der Waals surface area (Å²) in [6, 6.07) is 7.98. The molecule has 1 saturated carbocycles. The highest BCUT2D eigenvalue weighted by Gasteiger charge is 2.59. The average molecular weight is 591 g/mol. The van der Waals surface area contributed by atoms with Crippen LogP contribution in [0.15, 0.2) is 27.4 Å². The van der Waals surface area contributed by atoms with E-state index in [-0.39, 0.29) is 12.4 Å². The van der Waals surface area contributed by atoms with Gasteiger partial charge in [0.05, 0.1) is 0 Å². The zero-order chi connectivity index (χ0) is 29.2. The van der Waals surface area contributed by atoms with Gasteiger partial charge < -0.3 is 37.6 Å². The van der Waals surface area contributed by atoms with Gasteiger partial charge in [0.25, 0.3) is 0 Å². The maximum Gasteiger partial charge on any atom is 0.378 e. The Balaban J connectivity index is 1.57. The fraction of sp³-hybridized carbons (Fsp3) is 0.710. The molecule has 0 radical (unpaired) electrons. The van der Waals surface area contributed by atoms with Crippen molar-refractivity contribution in [2.45, 2.75) is 127 Å². The van der Waals surface area contributed by atoms with Crippen LogP contribution in [0, 0.1) is 6.92 Å². The van der Waals surface area contributed by atoms with Gasteiger partial charge in [0.15, 0.2) is 20.7 Å². The second-order valence-electron chi connectivity index (χ2n) is 11.8. The van der Waals surface area contributed by atoms with Crippen LogP contribution in [0.5, 0.6) is 11.5 Å². The normalized spacial score (nSPS) is 28.4. The standard InChI is InChI=1S/C31H46O9Si/c1-6-41(7-2,8-3)40-26-27(37-24-13-9-12-18-35-24)30(39-31(28(26)34-5)16-10-11-17-31)36-23-15-14-21-19-22(32)29(33)38-25(21)20(23)4/h14-15,19,24,26-28,30,32H,6-13,16-18H2,1-5H3. The Morgan fingerprint density at radius 2 is 1.78 bits per heavy atom. The molecule has 228 valence electrons. The summed E-state index contributed by atoms with van der Waals surface area (Å²) in [5.41, 5.74) is -0.344. The Morgan fingerprint density at radius 1 is 1.05 bits per heavy atom. The van der Waals surface area contributed by atoms with Gasteiger partial charge in [0.2, 0.25) is 12.0 Å². The second-order valence-corrected chi connectivity index (χ2v) is 16.5. The van der Waals surface area contributed by atoms with E-state index in [9.17, 15) is 9.90 Å². The highest BCUT2D eigenvalue weighted by atomic mass is 28.4. The van der Waals surface area contributed by atoms with Crippen molar-refractivity contribution in [1.82, 2.24) is 0 Å². The summed E-state index contributed by atoms with van der Waals surface area (Å²) in [7, 11) is -0.356. The molecule has 5 rings (SSSR count). The number of aryl methyl sites for hydroxylation is 1. The minimum Gasteiger partial charge on any atom is -0.502 e. The third-order valence-electron chi connectivity index (χ3n) is 9.56. The maximum atomic E-state index is 12.1. The van der Waals surface area contributed by atoms with Gasteiger partial charge in [-0.3, -0.25) is 0 Å². The molecule has 1 aromatic carbocycles. The van der Waals surface area contributed by atoms with Crippen LogP contribution in [0.25, 0.3) is 11.0 Å². The molecule has 0 amide bonds. The molecule has 10 heteroatoms. The van der Waals surface area contributed by atoms with Crippen LogP contribution in [0.3, 0.4) is 0 Å². The molecule has 1 spiro atoms. The SMILES string of the molecule is CC[Si](CC)(CC)OC1C(OC2CCCCO2)C(Oc2ccc3cc(O)c(=O)oc3c2C)OC2(CCCC2)C1OC. The van der Waals surface area contributed by atoms with Crippen LogP contribution in [0.4, 0.5) is 0 Å². The molecular weight excluding hydrogens is 544 g/mol. The summed E-state index contributed by atoms with van der Waals surface area (Å²) in [5, 5.41) is 10.5. The Labute approximate surface area is 243 Å². The number of fused-ring (bicyclic) bond motifs is 1. The van der Waals surface area contributed by atoms with Gasteiger partial charge in [-0.05, 0) is 75.4 Å². The number of benzene rings is 1. The Kier molecular flexibility index (Phi) is 9.47. The molecule has 2 aromatic rings. The molecule has 3 aliphatic rings. The second kappa shape index (κ2) is 12.7. The predicted octanol–water partition coefficient (Wildman–Crippen LogP) is 6.17. The van der Waals surface area contributed by atoms with Crippen LogP contribution in [0.2, 0.25) is 18.1 Å². The number of methoxy groups -OCH3 is 1.